The van der Waals surface area contributed by atoms with E-state index in [-0.39, 0.29) is 6.04 Å². The van der Waals surface area contributed by atoms with Crippen LogP contribution in [0.1, 0.15) is 46.0 Å². The van der Waals surface area contributed by atoms with E-state index >= 15 is 0 Å². The smallest absolute Gasteiger partial charge is 0.328 e. The first-order chi connectivity index (χ1) is 8.51. The zero-order chi connectivity index (χ0) is 14.0. The van der Waals surface area contributed by atoms with Gasteiger partial charge in [0.05, 0.1) is 6.61 Å². The molecule has 0 heterocycles. The summed E-state index contributed by atoms with van der Waals surface area (Å²) in [6.45, 7) is 3.39. The van der Waals surface area contributed by atoms with Gasteiger partial charge in [-0.25, -0.2) is 9.59 Å². The fraction of sp³-hybridized carbons (Fsp3) is 0.833. The Labute approximate surface area is 108 Å². The van der Waals surface area contributed by atoms with E-state index in [1.54, 1.807) is 0 Å². The third-order valence-corrected chi connectivity index (χ3v) is 2.65. The Bertz CT molecular complexity index is 258. The van der Waals surface area contributed by atoms with Crippen molar-refractivity contribution in [3.63, 3.8) is 0 Å². The number of aliphatic hydroxyl groups is 1. The van der Waals surface area contributed by atoms with Crippen LogP contribution < -0.4 is 10.6 Å². The highest BCUT2D eigenvalue weighted by atomic mass is 16.4. The largest absolute Gasteiger partial charge is 0.480 e. The number of urea groups is 1. The van der Waals surface area contributed by atoms with E-state index in [0.29, 0.717) is 0 Å². The molecule has 2 amide bonds. The van der Waals surface area contributed by atoms with E-state index in [4.69, 9.17) is 10.2 Å². The maximum Gasteiger partial charge on any atom is 0.328 e. The summed E-state index contributed by atoms with van der Waals surface area (Å²) in [5.74, 6) is -1.25. The molecule has 4 N–H and O–H groups in total. The summed E-state index contributed by atoms with van der Waals surface area (Å²) < 4.78 is 0. The molecular weight excluding hydrogens is 236 g/mol. The third-order valence-electron chi connectivity index (χ3n) is 2.65. The van der Waals surface area contributed by atoms with Gasteiger partial charge in [-0.2, -0.15) is 0 Å². The topological polar surface area (TPSA) is 98.7 Å². The van der Waals surface area contributed by atoms with Crippen LogP contribution in [0.3, 0.4) is 0 Å². The minimum atomic E-state index is -1.25. The highest BCUT2D eigenvalue weighted by Gasteiger charge is 2.19. The minimum absolute atomic E-state index is 0.00464. The second-order valence-electron chi connectivity index (χ2n) is 4.44. The number of carbonyl (C=O) groups is 2. The normalized spacial score (nSPS) is 13.7. The molecule has 2 atom stereocenters. The number of carbonyl (C=O) groups excluding carboxylic acids is 1. The van der Waals surface area contributed by atoms with E-state index in [9.17, 15) is 9.59 Å². The molecule has 0 aliphatic heterocycles. The number of nitrogens with one attached hydrogen (secondary N) is 2. The molecular formula is C12H24N2O4. The van der Waals surface area contributed by atoms with E-state index in [2.05, 4.69) is 17.6 Å². The Balaban J connectivity index is 3.82. The SMILES string of the molecule is CCCCCCC(C)NC(=O)NC(CO)C(=O)O. The van der Waals surface area contributed by atoms with Gasteiger partial charge in [0, 0.05) is 6.04 Å². The number of aliphatic carboxylic acids is 1. The van der Waals surface area contributed by atoms with E-state index in [1.165, 1.54) is 12.8 Å². The van der Waals surface area contributed by atoms with Crippen LogP contribution >= 0.6 is 0 Å². The number of rotatable bonds is 9. The van der Waals surface area contributed by atoms with Crippen molar-refractivity contribution in [2.75, 3.05) is 6.61 Å². The fourth-order valence-corrected chi connectivity index (χ4v) is 1.56. The number of carboxylic acid groups (broad SMARTS) is 1. The Morgan fingerprint density at radius 1 is 1.17 bits per heavy atom. The summed E-state index contributed by atoms with van der Waals surface area (Å²) >= 11 is 0. The maximum atomic E-state index is 11.4. The van der Waals surface area contributed by atoms with Crippen LogP contribution in [0.25, 0.3) is 0 Å². The van der Waals surface area contributed by atoms with Crippen molar-refractivity contribution in [3.8, 4) is 0 Å². The summed E-state index contributed by atoms with van der Waals surface area (Å²) in [6.07, 6.45) is 5.39. The lowest BCUT2D eigenvalue weighted by Crippen LogP contribution is -2.49. The van der Waals surface area contributed by atoms with Gasteiger partial charge in [-0.1, -0.05) is 32.6 Å². The van der Waals surface area contributed by atoms with Gasteiger partial charge in [0.15, 0.2) is 6.04 Å². The lowest BCUT2D eigenvalue weighted by Gasteiger charge is -2.17. The molecule has 0 radical (unpaired) electrons. The molecule has 0 aromatic heterocycles. The van der Waals surface area contributed by atoms with Crippen molar-refractivity contribution in [1.29, 1.82) is 0 Å². The van der Waals surface area contributed by atoms with Crippen LogP contribution in [0.2, 0.25) is 0 Å². The standard InChI is InChI=1S/C12H24N2O4/c1-3-4-5-6-7-9(2)13-12(18)14-10(8-15)11(16)17/h9-10,15H,3-8H2,1-2H3,(H,16,17)(H2,13,14,18). The quantitative estimate of drug-likeness (QED) is 0.466. The molecule has 0 bridgehead atoms. The van der Waals surface area contributed by atoms with Crippen LogP contribution in [0.5, 0.6) is 0 Å². The highest BCUT2D eigenvalue weighted by Crippen LogP contribution is 2.05. The molecule has 0 saturated carbocycles. The molecule has 6 nitrogen and oxygen atoms in total. The average molecular weight is 260 g/mol. The molecule has 0 saturated heterocycles. The van der Waals surface area contributed by atoms with Gasteiger partial charge in [0.25, 0.3) is 0 Å². The van der Waals surface area contributed by atoms with Crippen molar-refractivity contribution in [1.82, 2.24) is 10.6 Å². The number of amides is 2. The predicted octanol–water partition coefficient (Wildman–Crippen LogP) is 1.09. The first-order valence-electron chi connectivity index (χ1n) is 6.42. The molecule has 0 aromatic carbocycles. The molecule has 18 heavy (non-hydrogen) atoms. The lowest BCUT2D eigenvalue weighted by atomic mass is 10.1. The second-order valence-corrected chi connectivity index (χ2v) is 4.44. The minimum Gasteiger partial charge on any atom is -0.480 e. The predicted molar refractivity (Wildman–Crippen MR) is 68.4 cm³/mol. The van der Waals surface area contributed by atoms with Crippen molar-refractivity contribution in [3.05, 3.63) is 0 Å². The first kappa shape index (κ1) is 16.7. The molecule has 0 aromatic rings. The molecule has 0 rings (SSSR count). The zero-order valence-corrected chi connectivity index (χ0v) is 11.1. The molecule has 0 aliphatic carbocycles. The molecule has 2 unspecified atom stereocenters. The molecule has 6 heteroatoms. The number of hydrogen-bond acceptors (Lipinski definition) is 3. The van der Waals surface area contributed by atoms with Gasteiger partial charge in [0.2, 0.25) is 0 Å². The summed E-state index contributed by atoms with van der Waals surface area (Å²) in [4.78, 5) is 22.0. The first-order valence-corrected chi connectivity index (χ1v) is 6.42. The fourth-order valence-electron chi connectivity index (χ4n) is 1.56. The molecule has 0 aliphatic rings. The van der Waals surface area contributed by atoms with E-state index in [0.717, 1.165) is 19.3 Å². The zero-order valence-electron chi connectivity index (χ0n) is 11.1. The van der Waals surface area contributed by atoms with Gasteiger partial charge in [-0.15, -0.1) is 0 Å². The van der Waals surface area contributed by atoms with Gasteiger partial charge in [0.1, 0.15) is 0 Å². The summed E-state index contributed by atoms with van der Waals surface area (Å²) in [7, 11) is 0. The summed E-state index contributed by atoms with van der Waals surface area (Å²) in [5.41, 5.74) is 0. The maximum absolute atomic E-state index is 11.4. The van der Waals surface area contributed by atoms with Gasteiger partial charge < -0.3 is 20.8 Å². The Morgan fingerprint density at radius 2 is 1.83 bits per heavy atom. The summed E-state index contributed by atoms with van der Waals surface area (Å²) in [5, 5.41) is 22.3. The van der Waals surface area contributed by atoms with Crippen LogP contribution in [0.15, 0.2) is 0 Å². The van der Waals surface area contributed by atoms with E-state index < -0.39 is 24.6 Å². The number of hydrogen-bond donors (Lipinski definition) is 4. The second kappa shape index (κ2) is 9.70. The van der Waals surface area contributed by atoms with Crippen LogP contribution in [0, 0.1) is 0 Å². The van der Waals surface area contributed by atoms with Crippen molar-refractivity contribution in [2.45, 2.75) is 58.0 Å². The number of carboxylic acids is 1. The van der Waals surface area contributed by atoms with Gasteiger partial charge in [-0.3, -0.25) is 0 Å². The lowest BCUT2D eigenvalue weighted by molar-refractivity contribution is -0.140. The molecule has 0 spiro atoms. The monoisotopic (exact) mass is 260 g/mol. The van der Waals surface area contributed by atoms with Gasteiger partial charge >= 0.3 is 12.0 Å². The van der Waals surface area contributed by atoms with Crippen LogP contribution in [-0.4, -0.2) is 40.9 Å². The Morgan fingerprint density at radius 3 is 2.33 bits per heavy atom. The van der Waals surface area contributed by atoms with Crippen LogP contribution in [0.4, 0.5) is 4.79 Å². The summed E-state index contributed by atoms with van der Waals surface area (Å²) in [6, 6.07) is -1.81. The Hall–Kier alpha value is -1.30. The van der Waals surface area contributed by atoms with Crippen molar-refractivity contribution >= 4 is 12.0 Å². The van der Waals surface area contributed by atoms with Crippen molar-refractivity contribution < 1.29 is 19.8 Å². The molecule has 0 fully saturated rings. The van der Waals surface area contributed by atoms with E-state index in [1.807, 2.05) is 6.92 Å². The van der Waals surface area contributed by atoms with Crippen LogP contribution in [-0.2, 0) is 4.79 Å². The Kier molecular flexibility index (Phi) is 9.00. The number of unbranched alkanes of at least 4 members (excludes halogenated alkanes) is 3. The number of aliphatic hydroxyl groups excluding tert-OH is 1. The highest BCUT2D eigenvalue weighted by molar-refractivity contribution is 5.82. The average Bonchev–Trinajstić information content (AvgIpc) is 2.31. The molecule has 106 valence electrons. The van der Waals surface area contributed by atoms with Crippen molar-refractivity contribution in [2.24, 2.45) is 0 Å². The van der Waals surface area contributed by atoms with Gasteiger partial charge in [-0.05, 0) is 13.3 Å². The third kappa shape index (κ3) is 7.89.